The monoisotopic (exact) mass is 374 g/mol. The molecule has 0 aliphatic heterocycles. The van der Waals surface area contributed by atoms with Crippen molar-refractivity contribution < 1.29 is 13.3 Å². The molecule has 0 N–H and O–H groups in total. The third kappa shape index (κ3) is 5.65. The van der Waals surface area contributed by atoms with Gasteiger partial charge in [-0.1, -0.05) is 42.5 Å². The minimum atomic E-state index is -3.24. The average Bonchev–Trinajstić information content (AvgIpc) is 2.40. The fourth-order valence-corrected chi connectivity index (χ4v) is 6.66. The standard InChI is InChI=1S/C22H34O3Si/c1-20(2,3)23-26(24-21(4,5)6,25-22(7,8)9)19-16-12-14-17-13-10-11-15-18(17)19/h10-16H,1-9H3. The molecule has 2 aromatic rings. The number of rotatable bonds is 4. The zero-order valence-corrected chi connectivity index (χ0v) is 18.8. The van der Waals surface area contributed by atoms with E-state index in [0.717, 1.165) is 16.0 Å². The lowest BCUT2D eigenvalue weighted by Gasteiger charge is -2.43. The number of fused-ring (bicyclic) bond motifs is 1. The molecule has 0 saturated heterocycles. The molecule has 26 heavy (non-hydrogen) atoms. The van der Waals surface area contributed by atoms with Crippen molar-refractivity contribution in [2.45, 2.75) is 79.1 Å². The van der Waals surface area contributed by atoms with Crippen LogP contribution in [0, 0.1) is 0 Å². The topological polar surface area (TPSA) is 27.7 Å². The van der Waals surface area contributed by atoms with E-state index in [0.29, 0.717) is 0 Å². The smallest absolute Gasteiger partial charge is 0.365 e. The van der Waals surface area contributed by atoms with Crippen LogP contribution in [0.1, 0.15) is 62.3 Å². The van der Waals surface area contributed by atoms with E-state index in [2.05, 4.69) is 105 Å². The fourth-order valence-electron chi connectivity index (χ4n) is 2.93. The molecule has 0 unspecified atom stereocenters. The molecule has 0 aliphatic carbocycles. The lowest BCUT2D eigenvalue weighted by atomic mass is 10.1. The van der Waals surface area contributed by atoms with Crippen LogP contribution >= 0.6 is 0 Å². The number of hydrogen-bond acceptors (Lipinski definition) is 3. The van der Waals surface area contributed by atoms with E-state index in [4.69, 9.17) is 13.3 Å². The van der Waals surface area contributed by atoms with Crippen LogP contribution in [0.25, 0.3) is 10.8 Å². The van der Waals surface area contributed by atoms with E-state index in [1.165, 1.54) is 0 Å². The predicted octanol–water partition coefficient (Wildman–Crippen LogP) is 5.43. The second-order valence-electron chi connectivity index (χ2n) is 9.73. The average molecular weight is 375 g/mol. The molecule has 0 spiro atoms. The molecule has 4 heteroatoms. The molecule has 144 valence electrons. The zero-order valence-electron chi connectivity index (χ0n) is 17.8. The summed E-state index contributed by atoms with van der Waals surface area (Å²) in [4.78, 5) is 0. The third-order valence-electron chi connectivity index (χ3n) is 3.44. The maximum atomic E-state index is 6.67. The SMILES string of the molecule is CC(C)(C)O[Si](OC(C)(C)C)(OC(C)(C)C)c1cccc2ccccc12. The van der Waals surface area contributed by atoms with Gasteiger partial charge in [-0.2, -0.15) is 0 Å². The van der Waals surface area contributed by atoms with Crippen molar-refractivity contribution in [2.24, 2.45) is 0 Å². The Bertz CT molecular complexity index is 702. The highest BCUT2D eigenvalue weighted by molar-refractivity contribution is 6.78. The van der Waals surface area contributed by atoms with Gasteiger partial charge in [0.25, 0.3) is 0 Å². The largest absolute Gasteiger partial charge is 0.539 e. The van der Waals surface area contributed by atoms with Crippen LogP contribution in [0.2, 0.25) is 0 Å². The lowest BCUT2D eigenvalue weighted by Crippen LogP contribution is -2.65. The summed E-state index contributed by atoms with van der Waals surface area (Å²) < 4.78 is 20.0. The second kappa shape index (κ2) is 7.08. The molecule has 0 saturated carbocycles. The Hall–Kier alpha value is -1.20. The highest BCUT2D eigenvalue weighted by Gasteiger charge is 2.53. The van der Waals surface area contributed by atoms with Crippen LogP contribution in [0.3, 0.4) is 0 Å². The number of hydrogen-bond donors (Lipinski definition) is 0. The van der Waals surface area contributed by atoms with Gasteiger partial charge in [-0.05, 0) is 73.1 Å². The molecule has 0 atom stereocenters. The maximum absolute atomic E-state index is 6.67. The minimum absolute atomic E-state index is 0.403. The molecule has 0 bridgehead atoms. The zero-order chi connectivity index (χ0) is 19.8. The van der Waals surface area contributed by atoms with Gasteiger partial charge in [0.2, 0.25) is 0 Å². The molecule has 0 radical (unpaired) electrons. The quantitative estimate of drug-likeness (QED) is 0.668. The summed E-state index contributed by atoms with van der Waals surface area (Å²) in [6, 6.07) is 14.6. The van der Waals surface area contributed by atoms with Crippen LogP contribution in [0.15, 0.2) is 42.5 Å². The Morgan fingerprint density at radius 3 is 1.46 bits per heavy atom. The summed E-state index contributed by atoms with van der Waals surface area (Å²) in [5, 5.41) is 3.31. The summed E-state index contributed by atoms with van der Waals surface area (Å²) in [6.45, 7) is 18.5. The summed E-state index contributed by atoms with van der Waals surface area (Å²) in [7, 11) is -3.24. The molecular formula is C22H34O3Si. The van der Waals surface area contributed by atoms with E-state index in [9.17, 15) is 0 Å². The molecule has 0 amide bonds. The van der Waals surface area contributed by atoms with Gasteiger partial charge in [-0.25, -0.2) is 0 Å². The summed E-state index contributed by atoms with van der Waals surface area (Å²) in [6.07, 6.45) is 0. The van der Waals surface area contributed by atoms with E-state index in [-0.39, 0.29) is 0 Å². The molecule has 0 heterocycles. The van der Waals surface area contributed by atoms with E-state index < -0.39 is 25.6 Å². The van der Waals surface area contributed by atoms with Crippen LogP contribution in [0.4, 0.5) is 0 Å². The van der Waals surface area contributed by atoms with Gasteiger partial charge >= 0.3 is 8.80 Å². The molecular weight excluding hydrogens is 340 g/mol. The van der Waals surface area contributed by atoms with Gasteiger partial charge in [0.15, 0.2) is 0 Å². The van der Waals surface area contributed by atoms with Gasteiger partial charge in [-0.15, -0.1) is 0 Å². The molecule has 0 aromatic heterocycles. The van der Waals surface area contributed by atoms with Crippen molar-refractivity contribution in [2.75, 3.05) is 0 Å². The lowest BCUT2D eigenvalue weighted by molar-refractivity contribution is -0.0653. The van der Waals surface area contributed by atoms with E-state index in [1.54, 1.807) is 0 Å². The Morgan fingerprint density at radius 2 is 1.00 bits per heavy atom. The Balaban J connectivity index is 2.78. The van der Waals surface area contributed by atoms with Gasteiger partial charge in [-0.3, -0.25) is 0 Å². The van der Waals surface area contributed by atoms with Crippen LogP contribution in [-0.2, 0) is 13.3 Å². The normalized spacial score (nSPS) is 14.0. The van der Waals surface area contributed by atoms with Gasteiger partial charge < -0.3 is 13.3 Å². The van der Waals surface area contributed by atoms with E-state index >= 15 is 0 Å². The maximum Gasteiger partial charge on any atom is 0.539 e. The van der Waals surface area contributed by atoms with Gasteiger partial charge in [0.05, 0.1) is 16.8 Å². The molecule has 0 fully saturated rings. The van der Waals surface area contributed by atoms with E-state index in [1.807, 2.05) is 0 Å². The van der Waals surface area contributed by atoms with Crippen molar-refractivity contribution >= 4 is 24.8 Å². The molecule has 2 aromatic carbocycles. The first-order valence-electron chi connectivity index (χ1n) is 9.30. The first-order valence-corrected chi connectivity index (χ1v) is 11.0. The highest BCUT2D eigenvalue weighted by Crippen LogP contribution is 2.30. The predicted molar refractivity (Wildman–Crippen MR) is 112 cm³/mol. The van der Waals surface area contributed by atoms with Gasteiger partial charge in [0.1, 0.15) is 0 Å². The molecule has 3 nitrogen and oxygen atoms in total. The first kappa shape index (κ1) is 21.1. The Labute approximate surface area is 160 Å². The Kier molecular flexibility index (Phi) is 5.75. The van der Waals surface area contributed by atoms with Gasteiger partial charge in [0, 0.05) is 5.19 Å². The first-order chi connectivity index (χ1) is 11.7. The van der Waals surface area contributed by atoms with Crippen molar-refractivity contribution in [1.29, 1.82) is 0 Å². The summed E-state index contributed by atoms with van der Waals surface area (Å²) >= 11 is 0. The van der Waals surface area contributed by atoms with Crippen LogP contribution in [-0.4, -0.2) is 25.6 Å². The third-order valence-corrected chi connectivity index (χ3v) is 7.18. The summed E-state index contributed by atoms with van der Waals surface area (Å²) in [5.74, 6) is 0. The van der Waals surface area contributed by atoms with Crippen LogP contribution < -0.4 is 5.19 Å². The number of benzene rings is 2. The van der Waals surface area contributed by atoms with Crippen molar-refractivity contribution in [1.82, 2.24) is 0 Å². The van der Waals surface area contributed by atoms with Crippen LogP contribution in [0.5, 0.6) is 0 Å². The van der Waals surface area contributed by atoms with Crippen molar-refractivity contribution in [3.05, 3.63) is 42.5 Å². The molecule has 2 rings (SSSR count). The van der Waals surface area contributed by atoms with Crippen molar-refractivity contribution in [3.63, 3.8) is 0 Å². The summed E-state index contributed by atoms with van der Waals surface area (Å²) in [5.41, 5.74) is -1.21. The van der Waals surface area contributed by atoms with Crippen molar-refractivity contribution in [3.8, 4) is 0 Å². The Morgan fingerprint density at radius 1 is 0.577 bits per heavy atom. The minimum Gasteiger partial charge on any atom is -0.365 e. The fraction of sp³-hybridized carbons (Fsp3) is 0.545. The molecule has 0 aliphatic rings. The highest BCUT2D eigenvalue weighted by atomic mass is 28.4. The second-order valence-corrected chi connectivity index (χ2v) is 12.0.